The molecule has 0 spiro atoms. The fourth-order valence-electron chi connectivity index (χ4n) is 2.97. The van der Waals surface area contributed by atoms with Gasteiger partial charge in [-0.1, -0.05) is 39.7 Å². The highest BCUT2D eigenvalue weighted by atomic mass is 79.9. The minimum Gasteiger partial charge on any atom is -0.488 e. The number of hydrogen-bond acceptors (Lipinski definition) is 4. The monoisotopic (exact) mass is 517 g/mol. The summed E-state index contributed by atoms with van der Waals surface area (Å²) in [5.74, 6) is -0.257. The van der Waals surface area contributed by atoms with Crippen LogP contribution in [0, 0.1) is 5.82 Å². The lowest BCUT2D eigenvalue weighted by Crippen LogP contribution is -2.27. The number of carbonyl (C=O) groups excluding carboxylic acids is 2. The van der Waals surface area contributed by atoms with E-state index in [4.69, 9.17) is 16.3 Å². The van der Waals surface area contributed by atoms with Crippen LogP contribution in [0.4, 0.5) is 14.9 Å². The molecule has 0 unspecified atom stereocenters. The summed E-state index contributed by atoms with van der Waals surface area (Å²) in [5.41, 5.74) is 1.75. The average Bonchev–Trinajstić information content (AvgIpc) is 3.01. The van der Waals surface area contributed by atoms with Crippen LogP contribution in [0.3, 0.4) is 0 Å². The maximum absolute atomic E-state index is 13.4. The summed E-state index contributed by atoms with van der Waals surface area (Å²) in [5, 5.41) is 0.122. The molecule has 1 aliphatic heterocycles. The number of halogens is 3. The Labute approximate surface area is 195 Å². The number of hydrogen-bond donors (Lipinski definition) is 0. The van der Waals surface area contributed by atoms with Gasteiger partial charge in [-0.2, -0.15) is 0 Å². The van der Waals surface area contributed by atoms with E-state index in [0.717, 1.165) is 21.1 Å². The summed E-state index contributed by atoms with van der Waals surface area (Å²) in [4.78, 5) is 26.8. The van der Waals surface area contributed by atoms with Crippen molar-refractivity contribution in [1.82, 2.24) is 0 Å². The highest BCUT2D eigenvalue weighted by molar-refractivity contribution is 9.10. The second-order valence-electron chi connectivity index (χ2n) is 6.59. The number of anilines is 1. The molecule has 0 N–H and O–H groups in total. The lowest BCUT2D eigenvalue weighted by atomic mass is 10.1. The summed E-state index contributed by atoms with van der Waals surface area (Å²) in [6, 6.07) is 18.0. The van der Waals surface area contributed by atoms with Crippen molar-refractivity contribution in [3.05, 3.63) is 98.1 Å². The van der Waals surface area contributed by atoms with E-state index in [1.54, 1.807) is 60.7 Å². The number of benzene rings is 3. The van der Waals surface area contributed by atoms with Crippen LogP contribution >= 0.6 is 39.3 Å². The quantitative estimate of drug-likeness (QED) is 0.339. The van der Waals surface area contributed by atoms with E-state index >= 15 is 0 Å². The van der Waals surface area contributed by atoms with Crippen LogP contribution in [-0.2, 0) is 11.4 Å². The Morgan fingerprint density at radius 2 is 1.84 bits per heavy atom. The summed E-state index contributed by atoms with van der Waals surface area (Å²) in [6.45, 7) is 0.159. The largest absolute Gasteiger partial charge is 0.488 e. The first-order chi connectivity index (χ1) is 14.9. The van der Waals surface area contributed by atoms with Crippen LogP contribution in [0.1, 0.15) is 11.1 Å². The van der Waals surface area contributed by atoms with E-state index in [0.29, 0.717) is 27.6 Å². The summed E-state index contributed by atoms with van der Waals surface area (Å²) in [7, 11) is 0. The molecule has 0 atom stereocenters. The number of amides is 2. The topological polar surface area (TPSA) is 46.6 Å². The summed E-state index contributed by atoms with van der Waals surface area (Å²) >= 11 is 10.2. The zero-order valence-corrected chi connectivity index (χ0v) is 19.0. The van der Waals surface area contributed by atoms with Gasteiger partial charge in [0.2, 0.25) is 0 Å². The predicted molar refractivity (Wildman–Crippen MR) is 125 cm³/mol. The SMILES string of the molecule is O=C1S/C(=C/c2cc(Br)ccc2OCc2cccc(F)c2)C(=O)N1c1ccc(Cl)cc1. The minimum absolute atomic E-state index is 0.159. The Kier molecular flexibility index (Phi) is 6.46. The van der Waals surface area contributed by atoms with Gasteiger partial charge < -0.3 is 4.74 Å². The Bertz CT molecular complexity index is 1200. The van der Waals surface area contributed by atoms with Crippen LogP contribution in [0.2, 0.25) is 5.02 Å². The van der Waals surface area contributed by atoms with E-state index in [1.807, 2.05) is 0 Å². The second kappa shape index (κ2) is 9.26. The molecule has 0 aromatic heterocycles. The number of thioether (sulfide) groups is 1. The predicted octanol–water partition coefficient (Wildman–Crippen LogP) is 7.06. The molecular weight excluding hydrogens is 505 g/mol. The first kappa shape index (κ1) is 21.6. The van der Waals surface area contributed by atoms with Gasteiger partial charge in [0, 0.05) is 15.1 Å². The number of ether oxygens (including phenoxy) is 1. The zero-order chi connectivity index (χ0) is 22.0. The maximum atomic E-state index is 13.4. The third-order valence-electron chi connectivity index (χ3n) is 4.42. The molecule has 0 aliphatic carbocycles. The van der Waals surface area contributed by atoms with Gasteiger partial charge in [-0.15, -0.1) is 0 Å². The third-order valence-corrected chi connectivity index (χ3v) is 6.04. The molecule has 1 fully saturated rings. The third kappa shape index (κ3) is 5.01. The molecule has 1 saturated heterocycles. The highest BCUT2D eigenvalue weighted by Gasteiger charge is 2.36. The Balaban J connectivity index is 1.60. The molecule has 31 heavy (non-hydrogen) atoms. The van der Waals surface area contributed by atoms with E-state index in [2.05, 4.69) is 15.9 Å². The lowest BCUT2D eigenvalue weighted by Gasteiger charge is -2.12. The molecular formula is C23H14BrClFNO3S. The Hall–Kier alpha value is -2.61. The fraction of sp³-hybridized carbons (Fsp3) is 0.0435. The first-order valence-corrected chi connectivity index (χ1v) is 11.1. The van der Waals surface area contributed by atoms with Crippen LogP contribution in [0.5, 0.6) is 5.75 Å². The fourth-order valence-corrected chi connectivity index (χ4v) is 4.31. The molecule has 8 heteroatoms. The van der Waals surface area contributed by atoms with Crippen molar-refractivity contribution in [2.24, 2.45) is 0 Å². The van der Waals surface area contributed by atoms with Gasteiger partial charge in [0.05, 0.1) is 10.6 Å². The van der Waals surface area contributed by atoms with Crippen molar-refractivity contribution in [3.63, 3.8) is 0 Å². The normalized spacial score (nSPS) is 15.1. The van der Waals surface area contributed by atoms with Crippen molar-refractivity contribution >= 4 is 62.2 Å². The van der Waals surface area contributed by atoms with Crippen LogP contribution < -0.4 is 9.64 Å². The second-order valence-corrected chi connectivity index (χ2v) is 8.94. The van der Waals surface area contributed by atoms with Gasteiger partial charge in [0.25, 0.3) is 11.1 Å². The van der Waals surface area contributed by atoms with Crippen molar-refractivity contribution < 1.29 is 18.7 Å². The molecule has 0 bridgehead atoms. The number of imide groups is 1. The number of nitrogens with zero attached hydrogens (tertiary/aromatic N) is 1. The van der Waals surface area contributed by atoms with Crippen molar-refractivity contribution in [2.45, 2.75) is 6.61 Å². The average molecular weight is 519 g/mol. The Morgan fingerprint density at radius 1 is 1.06 bits per heavy atom. The molecule has 4 rings (SSSR count). The van der Waals surface area contributed by atoms with Crippen LogP contribution in [-0.4, -0.2) is 11.1 Å². The first-order valence-electron chi connectivity index (χ1n) is 9.11. The van der Waals surface area contributed by atoms with Gasteiger partial charge in [-0.05, 0) is 78.0 Å². The van der Waals surface area contributed by atoms with Gasteiger partial charge in [-0.3, -0.25) is 9.59 Å². The molecule has 4 nitrogen and oxygen atoms in total. The minimum atomic E-state index is -0.423. The number of rotatable bonds is 5. The summed E-state index contributed by atoms with van der Waals surface area (Å²) < 4.78 is 20.1. The van der Waals surface area contributed by atoms with Crippen molar-refractivity contribution in [2.75, 3.05) is 4.90 Å². The maximum Gasteiger partial charge on any atom is 0.298 e. The van der Waals surface area contributed by atoms with Gasteiger partial charge in [0.1, 0.15) is 18.2 Å². The molecule has 0 radical (unpaired) electrons. The van der Waals surface area contributed by atoms with E-state index in [-0.39, 0.29) is 17.3 Å². The van der Waals surface area contributed by atoms with E-state index < -0.39 is 11.1 Å². The van der Waals surface area contributed by atoms with Crippen molar-refractivity contribution in [1.29, 1.82) is 0 Å². The molecule has 2 amide bonds. The zero-order valence-electron chi connectivity index (χ0n) is 15.8. The molecule has 0 saturated carbocycles. The molecule has 3 aromatic rings. The van der Waals surface area contributed by atoms with Crippen LogP contribution in [0.15, 0.2) is 76.1 Å². The van der Waals surface area contributed by atoms with Gasteiger partial charge >= 0.3 is 0 Å². The van der Waals surface area contributed by atoms with Crippen molar-refractivity contribution in [3.8, 4) is 5.75 Å². The van der Waals surface area contributed by atoms with Crippen LogP contribution in [0.25, 0.3) is 6.08 Å². The Morgan fingerprint density at radius 3 is 2.58 bits per heavy atom. The molecule has 156 valence electrons. The number of carbonyl (C=O) groups is 2. The van der Waals surface area contributed by atoms with E-state index in [9.17, 15) is 14.0 Å². The summed E-state index contributed by atoms with van der Waals surface area (Å²) in [6.07, 6.45) is 1.62. The lowest BCUT2D eigenvalue weighted by molar-refractivity contribution is -0.113. The smallest absolute Gasteiger partial charge is 0.298 e. The van der Waals surface area contributed by atoms with E-state index in [1.165, 1.54) is 12.1 Å². The van der Waals surface area contributed by atoms with Gasteiger partial charge in [0.15, 0.2) is 0 Å². The molecule has 1 aliphatic rings. The van der Waals surface area contributed by atoms with Gasteiger partial charge in [-0.25, -0.2) is 9.29 Å². The standard InChI is InChI=1S/C23H14BrClFNO3S/c24-16-4-9-20(30-13-14-2-1-3-18(26)10-14)15(11-16)12-21-22(28)27(23(29)31-21)19-7-5-17(25)6-8-19/h1-12H,13H2/b21-12+. The molecule has 3 aromatic carbocycles. The molecule has 1 heterocycles. The highest BCUT2D eigenvalue weighted by Crippen LogP contribution is 2.37.